The van der Waals surface area contributed by atoms with E-state index < -0.39 is 11.8 Å². The fourth-order valence-electron chi connectivity index (χ4n) is 2.70. The van der Waals surface area contributed by atoms with Gasteiger partial charge in [-0.1, -0.05) is 37.3 Å². The molecule has 160 valence electrons. The van der Waals surface area contributed by atoms with Crippen molar-refractivity contribution in [1.29, 1.82) is 0 Å². The van der Waals surface area contributed by atoms with Crippen LogP contribution in [-0.2, 0) is 4.79 Å². The minimum Gasteiger partial charge on any atom is -0.494 e. The Kier molecular flexibility index (Phi) is 7.78. The van der Waals surface area contributed by atoms with Crippen LogP contribution in [0.1, 0.15) is 23.7 Å². The van der Waals surface area contributed by atoms with Crippen LogP contribution in [0.5, 0.6) is 11.5 Å². The average Bonchev–Trinajstić information content (AvgIpc) is 2.80. The number of fused-ring (bicyclic) bond motifs is 1. The van der Waals surface area contributed by atoms with Crippen molar-refractivity contribution in [3.05, 3.63) is 72.3 Å². The number of ether oxygens (including phenoxy) is 2. The number of benzene rings is 3. The fraction of sp³-hybridized carbons (Fsp3) is 0.174. The molecule has 0 aliphatic rings. The monoisotopic (exact) mass is 437 g/mol. The quantitative estimate of drug-likeness (QED) is 0.388. The largest absolute Gasteiger partial charge is 0.494 e. The molecule has 3 aromatic carbocycles. The van der Waals surface area contributed by atoms with Crippen molar-refractivity contribution in [2.24, 2.45) is 0 Å². The SMILES string of the molecule is CCCOc1ccc(C(=O)NC(=S)NNC(=O)COc2ccc3ccccc3c2)cc1. The summed E-state index contributed by atoms with van der Waals surface area (Å²) in [5, 5.41) is 4.57. The van der Waals surface area contributed by atoms with E-state index >= 15 is 0 Å². The Morgan fingerprint density at radius 2 is 1.58 bits per heavy atom. The molecule has 7 nitrogen and oxygen atoms in total. The van der Waals surface area contributed by atoms with Gasteiger partial charge in [0.2, 0.25) is 0 Å². The van der Waals surface area contributed by atoms with Crippen LogP contribution in [0.2, 0.25) is 0 Å². The van der Waals surface area contributed by atoms with Crippen molar-refractivity contribution in [3.63, 3.8) is 0 Å². The Hall–Kier alpha value is -3.65. The normalized spacial score (nSPS) is 10.2. The number of carbonyl (C=O) groups excluding carboxylic acids is 2. The molecule has 2 amide bonds. The van der Waals surface area contributed by atoms with Crippen LogP contribution in [0.3, 0.4) is 0 Å². The van der Waals surface area contributed by atoms with E-state index in [1.807, 2.05) is 43.3 Å². The van der Waals surface area contributed by atoms with Gasteiger partial charge in [0, 0.05) is 5.56 Å². The first kappa shape index (κ1) is 22.0. The Labute approximate surface area is 185 Å². The maximum absolute atomic E-state index is 12.2. The summed E-state index contributed by atoms with van der Waals surface area (Å²) >= 11 is 5.04. The molecule has 3 rings (SSSR count). The van der Waals surface area contributed by atoms with Gasteiger partial charge in [-0.2, -0.15) is 0 Å². The summed E-state index contributed by atoms with van der Waals surface area (Å²) < 4.78 is 11.0. The maximum atomic E-state index is 12.2. The van der Waals surface area contributed by atoms with E-state index in [-0.39, 0.29) is 11.7 Å². The van der Waals surface area contributed by atoms with E-state index in [4.69, 9.17) is 21.7 Å². The molecule has 3 N–H and O–H groups in total. The molecule has 3 aromatic rings. The molecule has 0 fully saturated rings. The first-order chi connectivity index (χ1) is 15.0. The molecule has 0 aliphatic carbocycles. The van der Waals surface area contributed by atoms with Crippen LogP contribution < -0.4 is 25.6 Å². The summed E-state index contributed by atoms with van der Waals surface area (Å²) in [5.41, 5.74) is 5.29. The third-order valence-electron chi connectivity index (χ3n) is 4.22. The molecule has 0 heterocycles. The van der Waals surface area contributed by atoms with Gasteiger partial charge in [0.05, 0.1) is 6.61 Å². The van der Waals surface area contributed by atoms with Crippen molar-refractivity contribution >= 4 is 39.9 Å². The zero-order valence-corrected chi connectivity index (χ0v) is 17.8. The van der Waals surface area contributed by atoms with Crippen molar-refractivity contribution in [2.75, 3.05) is 13.2 Å². The molecule has 0 saturated carbocycles. The molecule has 0 radical (unpaired) electrons. The smallest absolute Gasteiger partial charge is 0.276 e. The third-order valence-corrected chi connectivity index (χ3v) is 4.43. The second kappa shape index (κ2) is 10.9. The Morgan fingerprint density at radius 3 is 2.32 bits per heavy atom. The first-order valence-electron chi connectivity index (χ1n) is 9.80. The van der Waals surface area contributed by atoms with Gasteiger partial charge in [-0.05, 0) is 65.8 Å². The highest BCUT2D eigenvalue weighted by atomic mass is 32.1. The Balaban J connectivity index is 1.41. The zero-order valence-electron chi connectivity index (χ0n) is 17.0. The van der Waals surface area contributed by atoms with Crippen LogP contribution in [0.15, 0.2) is 66.7 Å². The number of hydrogen-bond acceptors (Lipinski definition) is 5. The van der Waals surface area contributed by atoms with Crippen LogP contribution in [0, 0.1) is 0 Å². The number of carbonyl (C=O) groups is 2. The van der Waals surface area contributed by atoms with Crippen molar-refractivity contribution < 1.29 is 19.1 Å². The van der Waals surface area contributed by atoms with E-state index in [0.717, 1.165) is 17.2 Å². The highest BCUT2D eigenvalue weighted by molar-refractivity contribution is 7.80. The molecule has 0 bridgehead atoms. The molecule has 0 aromatic heterocycles. The van der Waals surface area contributed by atoms with E-state index in [9.17, 15) is 9.59 Å². The van der Waals surface area contributed by atoms with Crippen LogP contribution >= 0.6 is 12.2 Å². The Morgan fingerprint density at radius 1 is 0.871 bits per heavy atom. The van der Waals surface area contributed by atoms with Gasteiger partial charge in [0.1, 0.15) is 11.5 Å². The lowest BCUT2D eigenvalue weighted by molar-refractivity contribution is -0.123. The number of hydrogen-bond donors (Lipinski definition) is 3. The summed E-state index contributed by atoms with van der Waals surface area (Å²) in [6.45, 7) is 2.43. The van der Waals surface area contributed by atoms with Gasteiger partial charge in [-0.25, -0.2) is 0 Å². The van der Waals surface area contributed by atoms with Gasteiger partial charge in [-0.15, -0.1) is 0 Å². The number of rotatable bonds is 7. The van der Waals surface area contributed by atoms with Crippen LogP contribution in [-0.4, -0.2) is 30.1 Å². The number of hydrazine groups is 1. The first-order valence-corrected chi connectivity index (χ1v) is 10.2. The third kappa shape index (κ3) is 6.68. The van der Waals surface area contributed by atoms with Gasteiger partial charge >= 0.3 is 0 Å². The van der Waals surface area contributed by atoms with E-state index in [2.05, 4.69) is 16.2 Å². The number of amides is 2. The predicted octanol–water partition coefficient (Wildman–Crippen LogP) is 3.34. The number of thiocarbonyl (C=S) groups is 1. The molecule has 0 saturated heterocycles. The van der Waals surface area contributed by atoms with Gasteiger partial charge in [-0.3, -0.25) is 25.8 Å². The minimum atomic E-state index is -0.442. The molecule has 0 atom stereocenters. The van der Waals surface area contributed by atoms with Crippen molar-refractivity contribution in [2.45, 2.75) is 13.3 Å². The maximum Gasteiger partial charge on any atom is 0.276 e. The Bertz CT molecular complexity index is 1070. The van der Waals surface area contributed by atoms with Crippen molar-refractivity contribution in [3.8, 4) is 11.5 Å². The van der Waals surface area contributed by atoms with Crippen LogP contribution in [0.4, 0.5) is 0 Å². The second-order valence-corrected chi connectivity index (χ2v) is 7.04. The highest BCUT2D eigenvalue weighted by Crippen LogP contribution is 2.20. The molecular formula is C23H23N3O4S. The van der Waals surface area contributed by atoms with Gasteiger partial charge < -0.3 is 9.47 Å². The summed E-state index contributed by atoms with van der Waals surface area (Å²) in [7, 11) is 0. The van der Waals surface area contributed by atoms with E-state index in [1.54, 1.807) is 30.3 Å². The standard InChI is InChI=1S/C23H23N3O4S/c1-2-13-29-19-10-8-17(9-11-19)22(28)24-23(31)26-25-21(27)15-30-20-12-7-16-5-3-4-6-18(16)14-20/h3-12,14H,2,13,15H2,1H3,(H,25,27)(H2,24,26,28,31). The lowest BCUT2D eigenvalue weighted by Gasteiger charge is -2.12. The number of nitrogens with one attached hydrogen (secondary N) is 3. The average molecular weight is 438 g/mol. The molecule has 0 spiro atoms. The summed E-state index contributed by atoms with van der Waals surface area (Å²) in [5.74, 6) is 0.428. The highest BCUT2D eigenvalue weighted by Gasteiger charge is 2.09. The zero-order chi connectivity index (χ0) is 22.1. The summed E-state index contributed by atoms with van der Waals surface area (Å²) in [6.07, 6.45) is 0.904. The lowest BCUT2D eigenvalue weighted by Crippen LogP contribution is -2.49. The molecule has 0 unspecified atom stereocenters. The van der Waals surface area contributed by atoms with Gasteiger partial charge in [0.25, 0.3) is 11.8 Å². The second-order valence-electron chi connectivity index (χ2n) is 6.63. The van der Waals surface area contributed by atoms with Crippen LogP contribution in [0.25, 0.3) is 10.8 Å². The summed E-state index contributed by atoms with van der Waals surface area (Å²) in [6, 6.07) is 20.2. The summed E-state index contributed by atoms with van der Waals surface area (Å²) in [4.78, 5) is 24.2. The minimum absolute atomic E-state index is 0.0321. The van der Waals surface area contributed by atoms with E-state index in [0.29, 0.717) is 23.7 Å². The van der Waals surface area contributed by atoms with Crippen molar-refractivity contribution in [1.82, 2.24) is 16.2 Å². The topological polar surface area (TPSA) is 88.7 Å². The molecule has 8 heteroatoms. The molecule has 31 heavy (non-hydrogen) atoms. The lowest BCUT2D eigenvalue weighted by atomic mass is 10.1. The molecule has 0 aliphatic heterocycles. The van der Waals surface area contributed by atoms with Gasteiger partial charge in [0.15, 0.2) is 11.7 Å². The molecular weight excluding hydrogens is 414 g/mol. The van der Waals surface area contributed by atoms with E-state index in [1.165, 1.54) is 0 Å². The predicted molar refractivity (Wildman–Crippen MR) is 123 cm³/mol. The fourth-order valence-corrected chi connectivity index (χ4v) is 2.84.